The van der Waals surface area contributed by atoms with Gasteiger partial charge in [0.05, 0.1) is 6.61 Å². The zero-order chi connectivity index (χ0) is 22.8. The lowest BCUT2D eigenvalue weighted by Crippen LogP contribution is -2.59. The van der Waals surface area contributed by atoms with E-state index in [4.69, 9.17) is 4.74 Å². The Morgan fingerprint density at radius 2 is 1.48 bits per heavy atom. The first kappa shape index (κ1) is 26.5. The summed E-state index contributed by atoms with van der Waals surface area (Å²) < 4.78 is 5.69. The van der Waals surface area contributed by atoms with E-state index in [0.29, 0.717) is 17.9 Å². The number of carbonyl (C=O) groups excluding carboxylic acids is 1. The Kier molecular flexibility index (Phi) is 11.7. The second kappa shape index (κ2) is 13.7. The highest BCUT2D eigenvalue weighted by Gasteiger charge is 2.47. The number of carbonyl (C=O) groups is 1. The summed E-state index contributed by atoms with van der Waals surface area (Å²) in [6.07, 6.45) is 8.91. The largest absolute Gasteiger partial charge is 0.394 e. The van der Waals surface area contributed by atoms with Crippen LogP contribution in [0.1, 0.15) is 90.9 Å². The standard InChI is InChI=1S/C25H44O6/c1-3-5-7-9-11-13-18-15-20(27)19(14-17(18)12-10-8-6-4-2)25-24(30)23(29)22(28)21(16-26)31-25/h14,17-18,21-26,28-30H,3-13,15-16H2,1-2H3/t17?,18?,21-,22-,23+,24-,25+/m1/s1. The minimum Gasteiger partial charge on any atom is -0.394 e. The van der Waals surface area contributed by atoms with Gasteiger partial charge in [-0.25, -0.2) is 0 Å². The lowest BCUT2D eigenvalue weighted by molar-refractivity contribution is -0.220. The Labute approximate surface area is 187 Å². The third-order valence-electron chi connectivity index (χ3n) is 7.04. The third-order valence-corrected chi connectivity index (χ3v) is 7.04. The Hall–Kier alpha value is -0.790. The van der Waals surface area contributed by atoms with E-state index in [0.717, 1.165) is 25.7 Å². The van der Waals surface area contributed by atoms with Gasteiger partial charge in [-0.2, -0.15) is 0 Å². The van der Waals surface area contributed by atoms with Crippen LogP contribution in [0.15, 0.2) is 11.6 Å². The van der Waals surface area contributed by atoms with E-state index < -0.39 is 37.1 Å². The first-order chi connectivity index (χ1) is 14.9. The van der Waals surface area contributed by atoms with Crippen LogP contribution in [0.2, 0.25) is 0 Å². The van der Waals surface area contributed by atoms with Crippen LogP contribution in [0.25, 0.3) is 0 Å². The van der Waals surface area contributed by atoms with Crippen molar-refractivity contribution < 1.29 is 30.0 Å². The fourth-order valence-electron chi connectivity index (χ4n) is 5.03. The molecule has 1 aliphatic carbocycles. The molecule has 6 heteroatoms. The van der Waals surface area contributed by atoms with Gasteiger partial charge in [-0.3, -0.25) is 4.79 Å². The molecule has 0 spiro atoms. The molecule has 7 atom stereocenters. The fraction of sp³-hybridized carbons (Fsp3) is 0.880. The minimum absolute atomic E-state index is 0.0484. The summed E-state index contributed by atoms with van der Waals surface area (Å²) in [7, 11) is 0. The molecule has 2 unspecified atom stereocenters. The van der Waals surface area contributed by atoms with Crippen molar-refractivity contribution in [3.63, 3.8) is 0 Å². The molecule has 0 aromatic carbocycles. The summed E-state index contributed by atoms with van der Waals surface area (Å²) in [5.74, 6) is 0.514. The number of ketones is 1. The van der Waals surface area contributed by atoms with Crippen molar-refractivity contribution in [3.05, 3.63) is 11.6 Å². The zero-order valence-electron chi connectivity index (χ0n) is 19.4. The molecule has 6 nitrogen and oxygen atoms in total. The van der Waals surface area contributed by atoms with Crippen molar-refractivity contribution >= 4 is 5.78 Å². The summed E-state index contributed by atoms with van der Waals surface area (Å²) in [5.41, 5.74) is 0.402. The van der Waals surface area contributed by atoms with Crippen molar-refractivity contribution in [2.75, 3.05) is 6.61 Å². The molecule has 0 aromatic rings. The molecule has 1 heterocycles. The maximum Gasteiger partial charge on any atom is 0.161 e. The van der Waals surface area contributed by atoms with Gasteiger partial charge in [0.25, 0.3) is 0 Å². The van der Waals surface area contributed by atoms with Gasteiger partial charge >= 0.3 is 0 Å². The second-order valence-corrected chi connectivity index (χ2v) is 9.47. The van der Waals surface area contributed by atoms with Crippen LogP contribution in [-0.4, -0.2) is 63.3 Å². The summed E-state index contributed by atoms with van der Waals surface area (Å²) in [4.78, 5) is 13.0. The molecule has 0 saturated carbocycles. The number of Topliss-reactive ketones (excluding diaryl/α,β-unsaturated/α-hetero) is 1. The summed E-state index contributed by atoms with van der Waals surface area (Å²) in [6.45, 7) is 3.91. The first-order valence-corrected chi connectivity index (χ1v) is 12.5. The van der Waals surface area contributed by atoms with E-state index in [1.165, 1.54) is 44.9 Å². The predicted octanol–water partition coefficient (Wildman–Crippen LogP) is 3.29. The number of hydrogen-bond acceptors (Lipinski definition) is 6. The monoisotopic (exact) mass is 440 g/mol. The van der Waals surface area contributed by atoms with Gasteiger partial charge in [0.15, 0.2) is 5.78 Å². The van der Waals surface area contributed by atoms with Crippen LogP contribution in [0.5, 0.6) is 0 Å². The van der Waals surface area contributed by atoms with E-state index in [1.807, 2.05) is 6.08 Å². The van der Waals surface area contributed by atoms with Crippen LogP contribution in [0.3, 0.4) is 0 Å². The van der Waals surface area contributed by atoms with E-state index >= 15 is 0 Å². The molecule has 0 amide bonds. The van der Waals surface area contributed by atoms with Gasteiger partial charge in [-0.15, -0.1) is 0 Å². The van der Waals surface area contributed by atoms with E-state index in [1.54, 1.807) is 0 Å². The quantitative estimate of drug-likeness (QED) is 0.327. The Morgan fingerprint density at radius 1 is 0.871 bits per heavy atom. The normalized spacial score (nSPS) is 34.1. The molecule has 0 radical (unpaired) electrons. The van der Waals surface area contributed by atoms with Crippen LogP contribution in [0, 0.1) is 11.8 Å². The number of aliphatic hydroxyl groups excluding tert-OH is 4. The maximum atomic E-state index is 13.0. The van der Waals surface area contributed by atoms with Crippen LogP contribution >= 0.6 is 0 Å². The molecule has 4 N–H and O–H groups in total. The molecule has 2 aliphatic rings. The number of aliphatic hydroxyl groups is 4. The first-order valence-electron chi connectivity index (χ1n) is 12.5. The molecular weight excluding hydrogens is 396 g/mol. The Morgan fingerprint density at radius 3 is 2.13 bits per heavy atom. The number of ether oxygens (including phenoxy) is 1. The Bertz CT molecular complexity index is 560. The maximum absolute atomic E-state index is 13.0. The van der Waals surface area contributed by atoms with Crippen molar-refractivity contribution in [2.24, 2.45) is 11.8 Å². The van der Waals surface area contributed by atoms with E-state index in [-0.39, 0.29) is 11.7 Å². The van der Waals surface area contributed by atoms with Gasteiger partial charge in [-0.05, 0) is 24.7 Å². The van der Waals surface area contributed by atoms with Crippen molar-refractivity contribution in [1.29, 1.82) is 0 Å². The lowest BCUT2D eigenvalue weighted by Gasteiger charge is -2.42. The number of unbranched alkanes of at least 4 members (excludes halogenated alkanes) is 7. The van der Waals surface area contributed by atoms with E-state index in [9.17, 15) is 25.2 Å². The van der Waals surface area contributed by atoms with Gasteiger partial charge in [0.2, 0.25) is 0 Å². The third kappa shape index (κ3) is 7.36. The number of allylic oxidation sites excluding steroid dienone is 1. The molecule has 0 bridgehead atoms. The lowest BCUT2D eigenvalue weighted by atomic mass is 9.73. The fourth-order valence-corrected chi connectivity index (χ4v) is 5.03. The highest BCUT2D eigenvalue weighted by molar-refractivity contribution is 5.97. The van der Waals surface area contributed by atoms with Crippen molar-refractivity contribution in [3.8, 4) is 0 Å². The van der Waals surface area contributed by atoms with E-state index in [2.05, 4.69) is 13.8 Å². The van der Waals surface area contributed by atoms with Crippen LogP contribution < -0.4 is 0 Å². The van der Waals surface area contributed by atoms with Gasteiger partial charge in [0.1, 0.15) is 30.5 Å². The van der Waals surface area contributed by atoms with Crippen LogP contribution in [0.4, 0.5) is 0 Å². The molecule has 180 valence electrons. The molecule has 31 heavy (non-hydrogen) atoms. The highest BCUT2D eigenvalue weighted by atomic mass is 16.5. The second-order valence-electron chi connectivity index (χ2n) is 9.47. The molecule has 1 fully saturated rings. The molecule has 0 aromatic heterocycles. The molecular formula is C25H44O6. The minimum atomic E-state index is -1.45. The predicted molar refractivity (Wildman–Crippen MR) is 121 cm³/mol. The van der Waals surface area contributed by atoms with Gasteiger partial charge in [-0.1, -0.05) is 77.7 Å². The van der Waals surface area contributed by atoms with Crippen molar-refractivity contribution in [2.45, 2.75) is 121 Å². The smallest absolute Gasteiger partial charge is 0.161 e. The van der Waals surface area contributed by atoms with Crippen molar-refractivity contribution in [1.82, 2.24) is 0 Å². The van der Waals surface area contributed by atoms with Gasteiger partial charge < -0.3 is 25.2 Å². The zero-order valence-corrected chi connectivity index (χ0v) is 19.4. The number of hydrogen-bond donors (Lipinski definition) is 4. The summed E-state index contributed by atoms with van der Waals surface area (Å²) in [5, 5.41) is 40.2. The SMILES string of the molecule is CCCCCCCC1CC(=O)C([C@@H]2O[C@H](CO)[C@@H](O)[C@H](O)[C@H]2O)=CC1CCCCCC. The summed E-state index contributed by atoms with van der Waals surface area (Å²) in [6, 6.07) is 0. The topological polar surface area (TPSA) is 107 Å². The average Bonchev–Trinajstić information content (AvgIpc) is 2.76. The molecule has 2 rings (SSSR count). The molecule has 1 aliphatic heterocycles. The summed E-state index contributed by atoms with van der Waals surface area (Å²) >= 11 is 0. The van der Waals surface area contributed by atoms with Gasteiger partial charge in [0, 0.05) is 12.0 Å². The highest BCUT2D eigenvalue weighted by Crippen LogP contribution is 2.38. The molecule has 1 saturated heterocycles. The average molecular weight is 441 g/mol. The Balaban J connectivity index is 2.12. The van der Waals surface area contributed by atoms with Crippen LogP contribution in [-0.2, 0) is 9.53 Å². The number of rotatable bonds is 13.